The van der Waals surface area contributed by atoms with Gasteiger partial charge in [-0.25, -0.2) is 0 Å². The smallest absolute Gasteiger partial charge is 0.222 e. The van der Waals surface area contributed by atoms with Crippen LogP contribution in [0.3, 0.4) is 0 Å². The molecule has 20 heavy (non-hydrogen) atoms. The summed E-state index contributed by atoms with van der Waals surface area (Å²) in [4.78, 5) is 16.1. The van der Waals surface area contributed by atoms with Gasteiger partial charge in [0.25, 0.3) is 0 Å². The van der Waals surface area contributed by atoms with E-state index in [0.29, 0.717) is 12.0 Å². The van der Waals surface area contributed by atoms with Crippen LogP contribution in [0.25, 0.3) is 0 Å². The molecule has 1 aromatic carbocycles. The maximum absolute atomic E-state index is 11.7. The van der Waals surface area contributed by atoms with Crippen molar-refractivity contribution in [1.82, 2.24) is 9.80 Å². The van der Waals surface area contributed by atoms with E-state index in [2.05, 4.69) is 11.0 Å². The highest BCUT2D eigenvalue weighted by Crippen LogP contribution is 2.10. The normalized spacial score (nSPS) is 16.5. The molecule has 1 amide bonds. The minimum atomic E-state index is 0.255. The summed E-state index contributed by atoms with van der Waals surface area (Å²) in [5.74, 6) is 0.255. The highest BCUT2D eigenvalue weighted by Gasteiger charge is 2.17. The van der Waals surface area contributed by atoms with Crippen molar-refractivity contribution in [3.05, 3.63) is 35.4 Å². The van der Waals surface area contributed by atoms with Crippen LogP contribution in [0.15, 0.2) is 24.3 Å². The van der Waals surface area contributed by atoms with Crippen LogP contribution in [0, 0.1) is 11.3 Å². The Hall–Kier alpha value is -1.86. The Labute approximate surface area is 120 Å². The molecule has 4 heteroatoms. The standard InChI is InChI=1S/C16H21N3O/c1-2-16(20)19-9-3-8-18(10-11-19)13-15-6-4-14(12-17)5-7-15/h4-7H,2-3,8-11,13H2,1H3. The topological polar surface area (TPSA) is 47.3 Å². The SMILES string of the molecule is CCC(=O)N1CCCN(Cc2ccc(C#N)cc2)CC1. The summed E-state index contributed by atoms with van der Waals surface area (Å²) in [5.41, 5.74) is 1.92. The largest absolute Gasteiger partial charge is 0.341 e. The van der Waals surface area contributed by atoms with Gasteiger partial charge in [-0.1, -0.05) is 19.1 Å². The van der Waals surface area contributed by atoms with Gasteiger partial charge in [-0.05, 0) is 24.1 Å². The molecule has 4 nitrogen and oxygen atoms in total. The van der Waals surface area contributed by atoms with E-state index in [1.165, 1.54) is 5.56 Å². The molecule has 1 fully saturated rings. The fraction of sp³-hybridized carbons (Fsp3) is 0.500. The van der Waals surface area contributed by atoms with Crippen LogP contribution in [-0.4, -0.2) is 41.9 Å². The maximum atomic E-state index is 11.7. The minimum absolute atomic E-state index is 0.255. The van der Waals surface area contributed by atoms with Gasteiger partial charge in [-0.2, -0.15) is 5.26 Å². The second-order valence-electron chi connectivity index (χ2n) is 5.17. The van der Waals surface area contributed by atoms with E-state index in [4.69, 9.17) is 5.26 Å². The minimum Gasteiger partial charge on any atom is -0.341 e. The average molecular weight is 271 g/mol. The first kappa shape index (κ1) is 14.5. The summed E-state index contributed by atoms with van der Waals surface area (Å²) in [7, 11) is 0. The summed E-state index contributed by atoms with van der Waals surface area (Å²) in [5, 5.41) is 8.79. The van der Waals surface area contributed by atoms with Crippen molar-refractivity contribution in [2.24, 2.45) is 0 Å². The van der Waals surface area contributed by atoms with Gasteiger partial charge in [0.15, 0.2) is 0 Å². The van der Waals surface area contributed by atoms with E-state index in [1.807, 2.05) is 36.1 Å². The highest BCUT2D eigenvalue weighted by molar-refractivity contribution is 5.75. The summed E-state index contributed by atoms with van der Waals surface area (Å²) in [6, 6.07) is 9.88. The molecule has 0 atom stereocenters. The molecule has 1 heterocycles. The van der Waals surface area contributed by atoms with Crippen molar-refractivity contribution in [3.63, 3.8) is 0 Å². The average Bonchev–Trinajstić information content (AvgIpc) is 2.73. The van der Waals surface area contributed by atoms with E-state index in [9.17, 15) is 4.79 Å². The molecule has 106 valence electrons. The molecule has 1 saturated heterocycles. The fourth-order valence-corrected chi connectivity index (χ4v) is 2.54. The molecule has 0 N–H and O–H groups in total. The van der Waals surface area contributed by atoms with Gasteiger partial charge in [-0.15, -0.1) is 0 Å². The van der Waals surface area contributed by atoms with Gasteiger partial charge in [0.2, 0.25) is 5.91 Å². The molecule has 0 unspecified atom stereocenters. The lowest BCUT2D eigenvalue weighted by atomic mass is 10.1. The van der Waals surface area contributed by atoms with Crippen molar-refractivity contribution in [1.29, 1.82) is 5.26 Å². The van der Waals surface area contributed by atoms with E-state index >= 15 is 0 Å². The zero-order chi connectivity index (χ0) is 14.4. The predicted octanol–water partition coefficient (Wildman–Crippen LogP) is 2.00. The third-order valence-electron chi connectivity index (χ3n) is 3.73. The van der Waals surface area contributed by atoms with Crippen molar-refractivity contribution in [3.8, 4) is 6.07 Å². The van der Waals surface area contributed by atoms with Crippen molar-refractivity contribution in [2.45, 2.75) is 26.3 Å². The number of carbonyl (C=O) groups is 1. The molecule has 0 radical (unpaired) electrons. The number of carbonyl (C=O) groups excluding carboxylic acids is 1. The first-order valence-electron chi connectivity index (χ1n) is 7.22. The molecular formula is C16H21N3O. The second kappa shape index (κ2) is 7.06. The van der Waals surface area contributed by atoms with E-state index in [-0.39, 0.29) is 5.91 Å². The monoisotopic (exact) mass is 271 g/mol. The molecule has 0 saturated carbocycles. The lowest BCUT2D eigenvalue weighted by Crippen LogP contribution is -2.34. The van der Waals surface area contributed by atoms with Crippen LogP contribution in [0.4, 0.5) is 0 Å². The van der Waals surface area contributed by atoms with Gasteiger partial charge < -0.3 is 4.90 Å². The molecule has 2 rings (SSSR count). The Morgan fingerprint density at radius 1 is 1.20 bits per heavy atom. The lowest BCUT2D eigenvalue weighted by molar-refractivity contribution is -0.130. The van der Waals surface area contributed by atoms with Crippen LogP contribution in [0.5, 0.6) is 0 Å². The van der Waals surface area contributed by atoms with Crippen LogP contribution >= 0.6 is 0 Å². The number of nitriles is 1. The van der Waals surface area contributed by atoms with E-state index in [1.54, 1.807) is 0 Å². The van der Waals surface area contributed by atoms with Gasteiger partial charge in [0.05, 0.1) is 11.6 Å². The van der Waals surface area contributed by atoms with Gasteiger partial charge in [0, 0.05) is 39.1 Å². The molecule has 1 aliphatic rings. The van der Waals surface area contributed by atoms with Gasteiger partial charge >= 0.3 is 0 Å². The first-order valence-corrected chi connectivity index (χ1v) is 7.22. The molecule has 0 aliphatic carbocycles. The zero-order valence-corrected chi connectivity index (χ0v) is 12.0. The number of amides is 1. The Kier molecular flexibility index (Phi) is 5.14. The van der Waals surface area contributed by atoms with Crippen LogP contribution in [-0.2, 0) is 11.3 Å². The molecular weight excluding hydrogens is 250 g/mol. The van der Waals surface area contributed by atoms with Crippen LogP contribution in [0.1, 0.15) is 30.9 Å². The number of nitrogens with zero attached hydrogens (tertiary/aromatic N) is 3. The number of benzene rings is 1. The summed E-state index contributed by atoms with van der Waals surface area (Å²) in [6.07, 6.45) is 1.62. The highest BCUT2D eigenvalue weighted by atomic mass is 16.2. The first-order chi connectivity index (χ1) is 9.72. The van der Waals surface area contributed by atoms with Crippen molar-refractivity contribution >= 4 is 5.91 Å². The van der Waals surface area contributed by atoms with Gasteiger partial charge in [-0.3, -0.25) is 9.69 Å². The number of hydrogen-bond donors (Lipinski definition) is 0. The molecule has 1 aliphatic heterocycles. The van der Waals surface area contributed by atoms with Crippen molar-refractivity contribution in [2.75, 3.05) is 26.2 Å². The fourth-order valence-electron chi connectivity index (χ4n) is 2.54. The third-order valence-corrected chi connectivity index (χ3v) is 3.73. The Morgan fingerprint density at radius 3 is 2.60 bits per heavy atom. The lowest BCUT2D eigenvalue weighted by Gasteiger charge is -2.21. The van der Waals surface area contributed by atoms with Crippen molar-refractivity contribution < 1.29 is 4.79 Å². The summed E-state index contributed by atoms with van der Waals surface area (Å²) < 4.78 is 0. The molecule has 0 aromatic heterocycles. The van der Waals surface area contributed by atoms with Crippen LogP contribution < -0.4 is 0 Å². The van der Waals surface area contributed by atoms with E-state index in [0.717, 1.165) is 39.1 Å². The summed E-state index contributed by atoms with van der Waals surface area (Å²) >= 11 is 0. The Balaban J connectivity index is 1.90. The van der Waals surface area contributed by atoms with Gasteiger partial charge in [0.1, 0.15) is 0 Å². The Morgan fingerprint density at radius 2 is 1.95 bits per heavy atom. The second-order valence-corrected chi connectivity index (χ2v) is 5.17. The van der Waals surface area contributed by atoms with E-state index < -0.39 is 0 Å². The maximum Gasteiger partial charge on any atom is 0.222 e. The zero-order valence-electron chi connectivity index (χ0n) is 12.0. The molecule has 0 spiro atoms. The third kappa shape index (κ3) is 3.82. The molecule has 0 bridgehead atoms. The summed E-state index contributed by atoms with van der Waals surface area (Å²) in [6.45, 7) is 6.44. The molecule has 1 aromatic rings. The number of rotatable bonds is 3. The van der Waals surface area contributed by atoms with Crippen LogP contribution in [0.2, 0.25) is 0 Å². The quantitative estimate of drug-likeness (QED) is 0.845. The predicted molar refractivity (Wildman–Crippen MR) is 77.9 cm³/mol. The number of hydrogen-bond acceptors (Lipinski definition) is 3. The Bertz CT molecular complexity index is 489.